The van der Waals surface area contributed by atoms with E-state index in [4.69, 9.17) is 5.11 Å². The number of rotatable bonds is 3. The fourth-order valence-electron chi connectivity index (χ4n) is 0.226. The molecular formula is C4H6O3S2. The van der Waals surface area contributed by atoms with Crippen LogP contribution in [0.2, 0.25) is 0 Å². The SMILES string of the molecule is O=C(O)CCOC(=S)S. The molecule has 3 nitrogen and oxygen atoms in total. The number of thiocarbonyl (C=S) groups is 1. The van der Waals surface area contributed by atoms with E-state index in [0.717, 1.165) is 0 Å². The first kappa shape index (κ1) is 8.71. The second-order valence-electron chi connectivity index (χ2n) is 1.26. The van der Waals surface area contributed by atoms with Crippen molar-refractivity contribution in [2.24, 2.45) is 0 Å². The van der Waals surface area contributed by atoms with Crippen molar-refractivity contribution in [2.45, 2.75) is 6.42 Å². The molecule has 0 rings (SSSR count). The minimum Gasteiger partial charge on any atom is -0.481 e. The highest BCUT2D eigenvalue weighted by molar-refractivity contribution is 8.10. The van der Waals surface area contributed by atoms with Gasteiger partial charge in [0.05, 0.1) is 6.42 Å². The Balaban J connectivity index is 3.10. The van der Waals surface area contributed by atoms with Gasteiger partial charge >= 0.3 is 5.97 Å². The standard InChI is InChI=1S/C4H6O3S2/c5-3(6)1-2-7-4(8)9/h1-2H2,(H,5,6)(H,8,9). The van der Waals surface area contributed by atoms with E-state index in [1.807, 2.05) is 0 Å². The van der Waals surface area contributed by atoms with Crippen LogP contribution in [0.25, 0.3) is 0 Å². The number of hydrogen-bond donors (Lipinski definition) is 2. The van der Waals surface area contributed by atoms with Crippen molar-refractivity contribution >= 4 is 35.2 Å². The molecule has 0 radical (unpaired) electrons. The third-order valence-corrected chi connectivity index (χ3v) is 0.788. The maximum atomic E-state index is 9.83. The lowest BCUT2D eigenvalue weighted by Crippen LogP contribution is -2.03. The van der Waals surface area contributed by atoms with Gasteiger partial charge in [-0.1, -0.05) is 12.6 Å². The Morgan fingerprint density at radius 1 is 1.78 bits per heavy atom. The molecule has 1 N–H and O–H groups in total. The summed E-state index contributed by atoms with van der Waals surface area (Å²) >= 11 is 8.01. The van der Waals surface area contributed by atoms with Crippen molar-refractivity contribution in [1.82, 2.24) is 0 Å². The van der Waals surface area contributed by atoms with Gasteiger partial charge in [-0.25, -0.2) is 0 Å². The fourth-order valence-corrected chi connectivity index (χ4v) is 0.400. The Labute approximate surface area is 63.4 Å². The first-order valence-electron chi connectivity index (χ1n) is 2.20. The maximum Gasteiger partial charge on any atom is 0.306 e. The average molecular weight is 166 g/mol. The second kappa shape index (κ2) is 4.58. The monoisotopic (exact) mass is 166 g/mol. The van der Waals surface area contributed by atoms with Crippen LogP contribution in [-0.4, -0.2) is 22.1 Å². The van der Waals surface area contributed by atoms with Gasteiger partial charge < -0.3 is 9.84 Å². The summed E-state index contributed by atoms with van der Waals surface area (Å²) in [5.41, 5.74) is 0. The average Bonchev–Trinajstić information content (AvgIpc) is 1.63. The fraction of sp³-hybridized carbons (Fsp3) is 0.500. The van der Waals surface area contributed by atoms with Crippen molar-refractivity contribution in [3.8, 4) is 0 Å². The highest BCUT2D eigenvalue weighted by atomic mass is 32.1. The number of hydrogen-bond acceptors (Lipinski definition) is 3. The molecule has 0 spiro atoms. The van der Waals surface area contributed by atoms with Crippen LogP contribution >= 0.6 is 24.8 Å². The van der Waals surface area contributed by atoms with Crippen molar-refractivity contribution in [1.29, 1.82) is 0 Å². The minimum absolute atomic E-state index is 0.0410. The van der Waals surface area contributed by atoms with E-state index in [2.05, 4.69) is 29.6 Å². The molecule has 0 aliphatic rings. The largest absolute Gasteiger partial charge is 0.481 e. The summed E-state index contributed by atoms with van der Waals surface area (Å²) in [6.45, 7) is 0.0949. The highest BCUT2D eigenvalue weighted by Crippen LogP contribution is 1.88. The van der Waals surface area contributed by atoms with Crippen molar-refractivity contribution in [3.63, 3.8) is 0 Å². The third kappa shape index (κ3) is 7.71. The van der Waals surface area contributed by atoms with Crippen LogP contribution in [0.3, 0.4) is 0 Å². The first-order valence-corrected chi connectivity index (χ1v) is 3.06. The summed E-state index contributed by atoms with van der Waals surface area (Å²) in [4.78, 5) is 9.83. The van der Waals surface area contributed by atoms with Gasteiger partial charge in [0.2, 0.25) is 4.38 Å². The Hall–Kier alpha value is -0.290. The van der Waals surface area contributed by atoms with Gasteiger partial charge in [-0.3, -0.25) is 4.79 Å². The van der Waals surface area contributed by atoms with Crippen LogP contribution in [-0.2, 0) is 9.53 Å². The summed E-state index contributed by atoms with van der Waals surface area (Å²) in [7, 11) is 0. The van der Waals surface area contributed by atoms with E-state index in [1.165, 1.54) is 0 Å². The number of carboxylic acids is 1. The second-order valence-corrected chi connectivity index (χ2v) is 2.34. The van der Waals surface area contributed by atoms with Gasteiger partial charge in [0.15, 0.2) is 0 Å². The molecule has 0 saturated heterocycles. The number of carbonyl (C=O) groups is 1. The molecular weight excluding hydrogens is 160 g/mol. The van der Waals surface area contributed by atoms with Gasteiger partial charge in [-0.15, -0.1) is 0 Å². The third-order valence-electron chi connectivity index (χ3n) is 0.541. The zero-order valence-electron chi connectivity index (χ0n) is 4.53. The molecule has 0 heterocycles. The summed E-state index contributed by atoms with van der Waals surface area (Å²) in [5, 5.41) is 8.08. The Bertz CT molecular complexity index is 109. The van der Waals surface area contributed by atoms with Gasteiger partial charge in [-0.2, -0.15) is 0 Å². The molecule has 52 valence electrons. The summed E-state index contributed by atoms with van der Waals surface area (Å²) in [5.74, 6) is -0.903. The summed E-state index contributed by atoms with van der Waals surface area (Å²) in [6, 6.07) is 0. The van der Waals surface area contributed by atoms with Crippen LogP contribution in [0.1, 0.15) is 6.42 Å². The van der Waals surface area contributed by atoms with E-state index < -0.39 is 5.97 Å². The molecule has 0 aliphatic heterocycles. The molecule has 0 aliphatic carbocycles. The van der Waals surface area contributed by atoms with Crippen molar-refractivity contribution < 1.29 is 14.6 Å². The molecule has 0 unspecified atom stereocenters. The minimum atomic E-state index is -0.903. The molecule has 5 heteroatoms. The number of ether oxygens (including phenoxy) is 1. The van der Waals surface area contributed by atoms with E-state index in [0.29, 0.717) is 0 Å². The Morgan fingerprint density at radius 2 is 2.33 bits per heavy atom. The molecule has 0 aromatic heterocycles. The first-order chi connectivity index (χ1) is 4.13. The molecule has 0 bridgehead atoms. The van der Waals surface area contributed by atoms with E-state index in [9.17, 15) is 4.79 Å². The molecule has 0 amide bonds. The zero-order valence-corrected chi connectivity index (χ0v) is 6.24. The molecule has 0 atom stereocenters. The van der Waals surface area contributed by atoms with Crippen LogP contribution in [0.15, 0.2) is 0 Å². The van der Waals surface area contributed by atoms with Crippen LogP contribution in [0.5, 0.6) is 0 Å². The quantitative estimate of drug-likeness (QED) is 0.478. The summed E-state index contributed by atoms with van der Waals surface area (Å²) < 4.78 is 4.65. The van der Waals surface area contributed by atoms with Gasteiger partial charge in [0.25, 0.3) is 0 Å². The summed E-state index contributed by atoms with van der Waals surface area (Å²) in [6.07, 6.45) is -0.0410. The van der Waals surface area contributed by atoms with Gasteiger partial charge in [0, 0.05) is 0 Å². The smallest absolute Gasteiger partial charge is 0.306 e. The van der Waals surface area contributed by atoms with Gasteiger partial charge in [0.1, 0.15) is 6.61 Å². The molecule has 0 saturated carbocycles. The lowest BCUT2D eigenvalue weighted by molar-refractivity contribution is -0.137. The van der Waals surface area contributed by atoms with Crippen LogP contribution in [0, 0.1) is 0 Å². The lowest BCUT2D eigenvalue weighted by atomic mass is 10.5. The Kier molecular flexibility index (Phi) is 4.43. The molecule has 0 aromatic rings. The maximum absolute atomic E-state index is 9.83. The van der Waals surface area contributed by atoms with E-state index in [1.54, 1.807) is 0 Å². The number of aliphatic carboxylic acids is 1. The van der Waals surface area contributed by atoms with Crippen LogP contribution in [0.4, 0.5) is 0 Å². The van der Waals surface area contributed by atoms with Gasteiger partial charge in [-0.05, 0) is 12.2 Å². The zero-order chi connectivity index (χ0) is 7.28. The number of carboxylic acid groups (broad SMARTS) is 1. The lowest BCUT2D eigenvalue weighted by Gasteiger charge is -1.97. The molecule has 0 aromatic carbocycles. The normalized spacial score (nSPS) is 8.56. The van der Waals surface area contributed by atoms with Crippen molar-refractivity contribution in [2.75, 3.05) is 6.61 Å². The topological polar surface area (TPSA) is 46.5 Å². The highest BCUT2D eigenvalue weighted by Gasteiger charge is 1.95. The van der Waals surface area contributed by atoms with E-state index in [-0.39, 0.29) is 17.4 Å². The van der Waals surface area contributed by atoms with E-state index >= 15 is 0 Å². The predicted molar refractivity (Wildman–Crippen MR) is 39.8 cm³/mol. The predicted octanol–water partition coefficient (Wildman–Crippen LogP) is 0.692. The van der Waals surface area contributed by atoms with Crippen molar-refractivity contribution in [3.05, 3.63) is 0 Å². The number of thiol groups is 1. The molecule has 0 fully saturated rings. The Morgan fingerprint density at radius 3 is 2.67 bits per heavy atom. The van der Waals surface area contributed by atoms with Crippen LogP contribution < -0.4 is 0 Å². The molecule has 9 heavy (non-hydrogen) atoms.